The fraction of sp³-hybridized carbons (Fsp3) is 0.364. The summed E-state index contributed by atoms with van der Waals surface area (Å²) in [5.41, 5.74) is 7.01. The van der Waals surface area contributed by atoms with E-state index in [4.69, 9.17) is 11.1 Å². The minimum atomic E-state index is -3.61. The molecule has 0 spiro atoms. The Morgan fingerprint density at radius 2 is 2.00 bits per heavy atom. The van der Waals surface area contributed by atoms with Crippen LogP contribution in [0, 0.1) is 12.3 Å². The smallest absolute Gasteiger partial charge is 0.299 e. The molecule has 0 radical (unpaired) electrons. The Morgan fingerprint density at radius 3 is 2.50 bits per heavy atom. The van der Waals surface area contributed by atoms with Gasteiger partial charge in [0.25, 0.3) is 10.2 Å². The molecule has 100 valence electrons. The summed E-state index contributed by atoms with van der Waals surface area (Å²) in [5, 5.41) is 7.33. The van der Waals surface area contributed by atoms with Gasteiger partial charge in [-0.2, -0.15) is 13.1 Å². The minimum Gasteiger partial charge on any atom is -0.384 e. The lowest BCUT2D eigenvalue weighted by Gasteiger charge is -2.14. The zero-order chi connectivity index (χ0) is 13.9. The van der Waals surface area contributed by atoms with Gasteiger partial charge in [-0.1, -0.05) is 12.1 Å². The highest BCUT2D eigenvalue weighted by molar-refractivity contribution is 7.90. The van der Waals surface area contributed by atoms with E-state index in [1.807, 2.05) is 0 Å². The van der Waals surface area contributed by atoms with Crippen molar-refractivity contribution in [2.45, 2.75) is 26.8 Å². The monoisotopic (exact) mass is 270 g/mol. The Hall–Kier alpha value is -1.60. The summed E-state index contributed by atoms with van der Waals surface area (Å²) >= 11 is 0. The first-order valence-electron chi connectivity index (χ1n) is 5.46. The molecule has 5 N–H and O–H groups in total. The first-order valence-corrected chi connectivity index (χ1v) is 6.94. The highest BCUT2D eigenvalue weighted by Gasteiger charge is 2.13. The fourth-order valence-corrected chi connectivity index (χ4v) is 2.57. The van der Waals surface area contributed by atoms with Gasteiger partial charge in [0.15, 0.2) is 0 Å². The maximum absolute atomic E-state index is 11.7. The fourth-order valence-electron chi connectivity index (χ4n) is 1.38. The molecule has 7 heteroatoms. The number of anilines is 1. The molecular formula is C11H18N4O2S. The Kier molecular flexibility index (Phi) is 4.31. The summed E-state index contributed by atoms with van der Waals surface area (Å²) in [6.45, 7) is 5.24. The number of nitrogen functional groups attached to an aromatic ring is 1. The molecule has 1 rings (SSSR count). The summed E-state index contributed by atoms with van der Waals surface area (Å²) in [7, 11) is -3.61. The van der Waals surface area contributed by atoms with Gasteiger partial charge in [0.2, 0.25) is 0 Å². The first-order chi connectivity index (χ1) is 8.21. The third kappa shape index (κ3) is 4.01. The zero-order valence-corrected chi connectivity index (χ0v) is 11.4. The molecule has 0 aliphatic carbocycles. The van der Waals surface area contributed by atoms with Gasteiger partial charge in [-0.05, 0) is 32.4 Å². The van der Waals surface area contributed by atoms with Crippen LogP contribution in [0.1, 0.15) is 25.0 Å². The van der Waals surface area contributed by atoms with Crippen LogP contribution in [-0.4, -0.2) is 20.3 Å². The molecule has 0 atom stereocenters. The molecule has 0 aliphatic heterocycles. The van der Waals surface area contributed by atoms with Crippen LogP contribution in [0.25, 0.3) is 0 Å². The molecule has 0 aliphatic rings. The van der Waals surface area contributed by atoms with E-state index in [2.05, 4.69) is 9.44 Å². The third-order valence-electron chi connectivity index (χ3n) is 2.18. The molecule has 0 unspecified atom stereocenters. The van der Waals surface area contributed by atoms with E-state index in [0.29, 0.717) is 11.3 Å². The number of nitrogens with two attached hydrogens (primary N) is 1. The van der Waals surface area contributed by atoms with E-state index in [9.17, 15) is 8.42 Å². The van der Waals surface area contributed by atoms with E-state index in [0.717, 1.165) is 5.56 Å². The molecule has 18 heavy (non-hydrogen) atoms. The minimum absolute atomic E-state index is 0.104. The second-order valence-corrected chi connectivity index (χ2v) is 5.77. The molecule has 0 amide bonds. The van der Waals surface area contributed by atoms with Crippen molar-refractivity contribution in [3.63, 3.8) is 0 Å². The quantitative estimate of drug-likeness (QED) is 0.472. The number of benzene rings is 1. The number of rotatable bonds is 5. The van der Waals surface area contributed by atoms with Crippen molar-refractivity contribution in [2.75, 3.05) is 4.72 Å². The van der Waals surface area contributed by atoms with Gasteiger partial charge in [0.05, 0.1) is 5.69 Å². The van der Waals surface area contributed by atoms with Crippen LogP contribution in [0.3, 0.4) is 0 Å². The van der Waals surface area contributed by atoms with E-state index < -0.39 is 10.2 Å². The predicted molar refractivity (Wildman–Crippen MR) is 73.0 cm³/mol. The third-order valence-corrected chi connectivity index (χ3v) is 3.45. The van der Waals surface area contributed by atoms with Crippen LogP contribution in [0.5, 0.6) is 0 Å². The van der Waals surface area contributed by atoms with Gasteiger partial charge < -0.3 is 5.73 Å². The molecular weight excluding hydrogens is 252 g/mol. The predicted octanol–water partition coefficient (Wildman–Crippen LogP) is 0.934. The molecule has 0 fully saturated rings. The van der Waals surface area contributed by atoms with E-state index in [-0.39, 0.29) is 11.9 Å². The van der Waals surface area contributed by atoms with Crippen LogP contribution in [0.4, 0.5) is 5.69 Å². The van der Waals surface area contributed by atoms with Crippen molar-refractivity contribution in [3.05, 3.63) is 29.3 Å². The number of amidine groups is 1. The van der Waals surface area contributed by atoms with Crippen molar-refractivity contribution in [1.82, 2.24) is 4.72 Å². The lowest BCUT2D eigenvalue weighted by Crippen LogP contribution is -2.35. The number of hydrogen-bond acceptors (Lipinski definition) is 3. The van der Waals surface area contributed by atoms with Gasteiger partial charge in [0.1, 0.15) is 5.84 Å². The summed E-state index contributed by atoms with van der Waals surface area (Å²) in [4.78, 5) is 0. The largest absolute Gasteiger partial charge is 0.384 e. The molecule has 0 aromatic heterocycles. The molecule has 0 saturated heterocycles. The molecule has 0 bridgehead atoms. The second kappa shape index (κ2) is 5.36. The van der Waals surface area contributed by atoms with Crippen molar-refractivity contribution in [2.24, 2.45) is 5.73 Å². The first kappa shape index (κ1) is 14.5. The molecule has 0 heterocycles. The standard InChI is InChI=1S/C11H18N4O2S/c1-7(2)14-18(16,17)15-10-6-9(11(12)13)5-4-8(10)3/h4-7,14-15H,1-3H3,(H3,12,13). The van der Waals surface area contributed by atoms with Gasteiger partial charge in [0, 0.05) is 11.6 Å². The Morgan fingerprint density at radius 1 is 1.39 bits per heavy atom. The Labute approximate surface area is 107 Å². The lowest BCUT2D eigenvalue weighted by molar-refractivity contribution is 0.575. The van der Waals surface area contributed by atoms with Crippen molar-refractivity contribution >= 4 is 21.7 Å². The average Bonchev–Trinajstić information content (AvgIpc) is 2.18. The van der Waals surface area contributed by atoms with Crippen LogP contribution >= 0.6 is 0 Å². The molecule has 0 saturated carbocycles. The highest BCUT2D eigenvalue weighted by Crippen LogP contribution is 2.17. The van der Waals surface area contributed by atoms with Gasteiger partial charge in [-0.3, -0.25) is 10.1 Å². The van der Waals surface area contributed by atoms with E-state index >= 15 is 0 Å². The number of aryl methyl sites for hydroxylation is 1. The number of nitrogens with one attached hydrogen (secondary N) is 3. The molecule has 1 aromatic rings. The van der Waals surface area contributed by atoms with E-state index in [1.165, 1.54) is 6.07 Å². The molecule has 1 aromatic carbocycles. The van der Waals surface area contributed by atoms with Gasteiger partial charge >= 0.3 is 0 Å². The zero-order valence-electron chi connectivity index (χ0n) is 10.6. The average molecular weight is 270 g/mol. The van der Waals surface area contributed by atoms with Crippen LogP contribution in [0.2, 0.25) is 0 Å². The SMILES string of the molecule is Cc1ccc(C(=N)N)cc1NS(=O)(=O)NC(C)C. The van der Waals surface area contributed by atoms with Crippen LogP contribution in [0.15, 0.2) is 18.2 Å². The maximum Gasteiger partial charge on any atom is 0.299 e. The van der Waals surface area contributed by atoms with Gasteiger partial charge in [-0.15, -0.1) is 0 Å². The lowest BCUT2D eigenvalue weighted by atomic mass is 10.1. The normalized spacial score (nSPS) is 11.6. The summed E-state index contributed by atoms with van der Waals surface area (Å²) in [6, 6.07) is 4.73. The summed E-state index contributed by atoms with van der Waals surface area (Å²) in [6.07, 6.45) is 0. The molecule has 6 nitrogen and oxygen atoms in total. The maximum atomic E-state index is 11.7. The Balaban J connectivity index is 3.04. The van der Waals surface area contributed by atoms with Crippen LogP contribution < -0.4 is 15.2 Å². The topological polar surface area (TPSA) is 108 Å². The summed E-state index contributed by atoms with van der Waals surface area (Å²) < 4.78 is 28.3. The van der Waals surface area contributed by atoms with Crippen molar-refractivity contribution in [1.29, 1.82) is 5.41 Å². The van der Waals surface area contributed by atoms with Crippen molar-refractivity contribution < 1.29 is 8.42 Å². The van der Waals surface area contributed by atoms with Crippen LogP contribution in [-0.2, 0) is 10.2 Å². The Bertz CT molecular complexity index is 552. The van der Waals surface area contributed by atoms with E-state index in [1.54, 1.807) is 32.9 Å². The van der Waals surface area contributed by atoms with Gasteiger partial charge in [-0.25, -0.2) is 0 Å². The summed E-state index contributed by atoms with van der Waals surface area (Å²) in [5.74, 6) is -0.104. The second-order valence-electron chi connectivity index (χ2n) is 4.32. The van der Waals surface area contributed by atoms with Crippen molar-refractivity contribution in [3.8, 4) is 0 Å². The number of hydrogen-bond donors (Lipinski definition) is 4. The highest BCUT2D eigenvalue weighted by atomic mass is 32.2.